The Morgan fingerprint density at radius 2 is 2.00 bits per heavy atom. The van der Waals surface area contributed by atoms with E-state index in [0.29, 0.717) is 5.69 Å². The molecule has 2 aromatic rings. The molecule has 0 spiro atoms. The van der Waals surface area contributed by atoms with Gasteiger partial charge in [-0.3, -0.25) is 0 Å². The lowest BCUT2D eigenvalue weighted by Gasteiger charge is -1.94. The first-order valence-electron chi connectivity index (χ1n) is 3.99. The van der Waals surface area contributed by atoms with E-state index in [4.69, 9.17) is 0 Å². The van der Waals surface area contributed by atoms with Crippen molar-refractivity contribution < 1.29 is 4.92 Å². The molecule has 0 aliphatic carbocycles. The summed E-state index contributed by atoms with van der Waals surface area (Å²) in [7, 11) is 0. The van der Waals surface area contributed by atoms with Gasteiger partial charge in [-0.1, -0.05) is 20.7 Å². The van der Waals surface area contributed by atoms with Crippen molar-refractivity contribution in [3.8, 4) is 5.69 Å². The molecule has 0 bridgehead atoms. The van der Waals surface area contributed by atoms with Crippen LogP contribution < -0.4 is 0 Å². The average Bonchev–Trinajstić information content (AvgIpc) is 2.68. The quantitative estimate of drug-likeness (QED) is 0.616. The van der Waals surface area contributed by atoms with E-state index in [1.54, 1.807) is 12.1 Å². The fourth-order valence-electron chi connectivity index (χ4n) is 1.04. The highest BCUT2D eigenvalue weighted by molar-refractivity contribution is 9.10. The maximum atomic E-state index is 10.4. The molecule has 76 valence electrons. The fourth-order valence-corrected chi connectivity index (χ4v) is 1.30. The monoisotopic (exact) mass is 268 g/mol. The van der Waals surface area contributed by atoms with Gasteiger partial charge in [-0.2, -0.15) is 0 Å². The second kappa shape index (κ2) is 3.77. The van der Waals surface area contributed by atoms with Crippen LogP contribution in [0.5, 0.6) is 0 Å². The molecule has 0 atom stereocenters. The summed E-state index contributed by atoms with van der Waals surface area (Å²) in [6, 6.07) is 7.14. The minimum atomic E-state index is -0.581. The highest BCUT2D eigenvalue weighted by Gasteiger charge is 2.13. The minimum Gasteiger partial charge on any atom is -0.358 e. The first kappa shape index (κ1) is 9.78. The number of hydrogen-bond donors (Lipinski definition) is 0. The largest absolute Gasteiger partial charge is 0.410 e. The molecule has 1 heterocycles. The Morgan fingerprint density at radius 1 is 1.33 bits per heavy atom. The molecule has 0 unspecified atom stereocenters. The van der Waals surface area contributed by atoms with E-state index < -0.39 is 4.92 Å². The first-order valence-corrected chi connectivity index (χ1v) is 4.79. The van der Waals surface area contributed by atoms with Crippen LogP contribution in [0, 0.1) is 10.1 Å². The van der Waals surface area contributed by atoms with Gasteiger partial charge in [0.25, 0.3) is 0 Å². The van der Waals surface area contributed by atoms with Gasteiger partial charge < -0.3 is 10.1 Å². The highest BCUT2D eigenvalue weighted by atomic mass is 79.9. The lowest BCUT2D eigenvalue weighted by Crippen LogP contribution is -1.98. The van der Waals surface area contributed by atoms with Gasteiger partial charge in [0.2, 0.25) is 0 Å². The summed E-state index contributed by atoms with van der Waals surface area (Å²) in [5.41, 5.74) is 0.673. The van der Waals surface area contributed by atoms with Crippen molar-refractivity contribution in [2.75, 3.05) is 0 Å². The Bertz CT molecular complexity index is 494. The maximum absolute atomic E-state index is 10.4. The number of hydrogen-bond acceptors (Lipinski definition) is 4. The number of rotatable bonds is 2. The summed E-state index contributed by atoms with van der Waals surface area (Å²) in [4.78, 5) is 11.0. The third-order valence-corrected chi connectivity index (χ3v) is 2.25. The van der Waals surface area contributed by atoms with Crippen molar-refractivity contribution in [2.24, 2.45) is 0 Å². The number of nitrogens with zero attached hydrogens (tertiary/aromatic N) is 4. The van der Waals surface area contributed by atoms with E-state index in [0.717, 1.165) is 10.7 Å². The SMILES string of the molecule is O=[N+]([O-])c1cnn(-c2ccc(Br)cc2)n1. The maximum Gasteiger partial charge on any atom is 0.410 e. The van der Waals surface area contributed by atoms with Gasteiger partial charge in [0.05, 0.1) is 5.10 Å². The van der Waals surface area contributed by atoms with Crippen LogP contribution in [0.2, 0.25) is 0 Å². The molecule has 0 N–H and O–H groups in total. The van der Waals surface area contributed by atoms with Gasteiger partial charge >= 0.3 is 5.82 Å². The van der Waals surface area contributed by atoms with Gasteiger partial charge in [0, 0.05) is 4.47 Å². The normalized spacial score (nSPS) is 10.2. The van der Waals surface area contributed by atoms with Crippen LogP contribution in [0.1, 0.15) is 0 Å². The van der Waals surface area contributed by atoms with Crippen LogP contribution in [0.25, 0.3) is 5.69 Å². The van der Waals surface area contributed by atoms with E-state index in [-0.39, 0.29) is 5.82 Å². The van der Waals surface area contributed by atoms with Gasteiger partial charge in [-0.25, -0.2) is 0 Å². The zero-order valence-electron chi connectivity index (χ0n) is 7.37. The summed E-state index contributed by atoms with van der Waals surface area (Å²) in [6.45, 7) is 0. The van der Waals surface area contributed by atoms with E-state index in [1.165, 1.54) is 4.80 Å². The predicted octanol–water partition coefficient (Wildman–Crippen LogP) is 1.94. The highest BCUT2D eigenvalue weighted by Crippen LogP contribution is 2.13. The van der Waals surface area contributed by atoms with Gasteiger partial charge in [0.1, 0.15) is 5.69 Å². The van der Waals surface area contributed by atoms with Crippen LogP contribution in [-0.4, -0.2) is 19.9 Å². The molecule has 0 saturated carbocycles. The van der Waals surface area contributed by atoms with Crippen LogP contribution in [0.3, 0.4) is 0 Å². The summed E-state index contributed by atoms with van der Waals surface area (Å²) in [5.74, 6) is -0.266. The molecular formula is C8H5BrN4O2. The van der Waals surface area contributed by atoms with Crippen molar-refractivity contribution >= 4 is 21.7 Å². The number of aromatic nitrogens is 3. The fraction of sp³-hybridized carbons (Fsp3) is 0. The van der Waals surface area contributed by atoms with Gasteiger partial charge in [0.15, 0.2) is 6.20 Å². The smallest absolute Gasteiger partial charge is 0.358 e. The Hall–Kier alpha value is -1.76. The average molecular weight is 269 g/mol. The summed E-state index contributed by atoms with van der Waals surface area (Å²) in [5, 5.41) is 17.9. The molecule has 6 nitrogen and oxygen atoms in total. The molecule has 0 amide bonds. The first-order chi connectivity index (χ1) is 7.16. The lowest BCUT2D eigenvalue weighted by molar-refractivity contribution is -0.389. The Balaban J connectivity index is 2.37. The van der Waals surface area contributed by atoms with Crippen molar-refractivity contribution in [1.82, 2.24) is 15.0 Å². The van der Waals surface area contributed by atoms with E-state index >= 15 is 0 Å². The van der Waals surface area contributed by atoms with Crippen LogP contribution in [0.4, 0.5) is 5.82 Å². The third kappa shape index (κ3) is 2.01. The van der Waals surface area contributed by atoms with Gasteiger partial charge in [-0.05, 0) is 29.2 Å². The molecule has 0 aliphatic rings. The molecular weight excluding hydrogens is 264 g/mol. The molecule has 1 aromatic carbocycles. The molecule has 0 aliphatic heterocycles. The summed E-state index contributed by atoms with van der Waals surface area (Å²) < 4.78 is 0.924. The minimum absolute atomic E-state index is 0.266. The van der Waals surface area contributed by atoms with E-state index in [9.17, 15) is 10.1 Å². The summed E-state index contributed by atoms with van der Waals surface area (Å²) in [6.07, 6.45) is 1.11. The van der Waals surface area contributed by atoms with Crippen molar-refractivity contribution in [3.63, 3.8) is 0 Å². The number of halogens is 1. The molecule has 0 fully saturated rings. The second-order valence-electron chi connectivity index (χ2n) is 2.73. The molecule has 0 radical (unpaired) electrons. The van der Waals surface area contributed by atoms with E-state index in [2.05, 4.69) is 26.1 Å². The Kier molecular flexibility index (Phi) is 2.46. The topological polar surface area (TPSA) is 73.8 Å². The number of benzene rings is 1. The zero-order valence-corrected chi connectivity index (χ0v) is 8.96. The third-order valence-electron chi connectivity index (χ3n) is 1.72. The Labute approximate surface area is 92.8 Å². The summed E-state index contributed by atoms with van der Waals surface area (Å²) >= 11 is 3.29. The predicted molar refractivity (Wildman–Crippen MR) is 55.7 cm³/mol. The molecule has 0 saturated heterocycles. The Morgan fingerprint density at radius 3 is 2.53 bits per heavy atom. The van der Waals surface area contributed by atoms with Crippen LogP contribution in [0.15, 0.2) is 34.9 Å². The number of nitro groups is 1. The van der Waals surface area contributed by atoms with Crippen molar-refractivity contribution in [1.29, 1.82) is 0 Å². The van der Waals surface area contributed by atoms with Crippen LogP contribution >= 0.6 is 15.9 Å². The molecule has 15 heavy (non-hydrogen) atoms. The van der Waals surface area contributed by atoms with Crippen molar-refractivity contribution in [3.05, 3.63) is 45.0 Å². The lowest BCUT2D eigenvalue weighted by atomic mass is 10.3. The van der Waals surface area contributed by atoms with Crippen molar-refractivity contribution in [2.45, 2.75) is 0 Å². The zero-order chi connectivity index (χ0) is 10.8. The molecule has 2 rings (SSSR count). The molecule has 1 aromatic heterocycles. The molecule has 7 heteroatoms. The van der Waals surface area contributed by atoms with Crippen LogP contribution in [-0.2, 0) is 0 Å². The van der Waals surface area contributed by atoms with Gasteiger partial charge in [-0.15, -0.1) is 5.10 Å². The standard InChI is InChI=1S/C8H5BrN4O2/c9-6-1-3-7(4-2-6)12-10-5-8(11-12)13(14)15/h1-5H. The van der Waals surface area contributed by atoms with E-state index in [1.807, 2.05) is 12.1 Å². The second-order valence-corrected chi connectivity index (χ2v) is 3.64.